The van der Waals surface area contributed by atoms with Gasteiger partial charge in [0.15, 0.2) is 0 Å². The lowest BCUT2D eigenvalue weighted by atomic mass is 9.80. The van der Waals surface area contributed by atoms with E-state index >= 15 is 0 Å². The molecule has 41 heavy (non-hydrogen) atoms. The van der Waals surface area contributed by atoms with E-state index in [9.17, 15) is 13.9 Å². The summed E-state index contributed by atoms with van der Waals surface area (Å²) in [5, 5.41) is 24.4. The fraction of sp³-hybridized carbons (Fsp3) is 0.290. The first-order valence-corrected chi connectivity index (χ1v) is 13.3. The summed E-state index contributed by atoms with van der Waals surface area (Å²) in [5.41, 5.74) is 1.68. The summed E-state index contributed by atoms with van der Waals surface area (Å²) in [6.07, 6.45) is 4.41. The third kappa shape index (κ3) is 6.17. The molecule has 0 saturated heterocycles. The van der Waals surface area contributed by atoms with Crippen LogP contribution in [0.2, 0.25) is 0 Å². The third-order valence-corrected chi connectivity index (χ3v) is 7.26. The van der Waals surface area contributed by atoms with Crippen LogP contribution in [0.5, 0.6) is 5.75 Å². The molecule has 0 unspecified atom stereocenters. The molecule has 0 radical (unpaired) electrons. The van der Waals surface area contributed by atoms with Gasteiger partial charge in [0.05, 0.1) is 24.1 Å². The maximum Gasteiger partial charge on any atom is 0.137 e. The Hall–Kier alpha value is -4.44. The molecule has 0 bridgehead atoms. The van der Waals surface area contributed by atoms with Gasteiger partial charge >= 0.3 is 0 Å². The van der Waals surface area contributed by atoms with Gasteiger partial charge < -0.3 is 9.84 Å². The van der Waals surface area contributed by atoms with Gasteiger partial charge in [0, 0.05) is 17.5 Å². The molecule has 2 heterocycles. The second-order valence-electron chi connectivity index (χ2n) is 11.2. The van der Waals surface area contributed by atoms with E-state index in [1.165, 1.54) is 29.0 Å². The number of benzene rings is 3. The summed E-state index contributed by atoms with van der Waals surface area (Å²) in [5.74, 6) is -1.64. The summed E-state index contributed by atoms with van der Waals surface area (Å²) in [6.45, 7) is 8.57. The van der Waals surface area contributed by atoms with Gasteiger partial charge in [-0.05, 0) is 46.9 Å². The van der Waals surface area contributed by atoms with Crippen molar-refractivity contribution in [2.75, 3.05) is 0 Å². The topological polar surface area (TPSA) is 90.9 Å². The van der Waals surface area contributed by atoms with E-state index in [-0.39, 0.29) is 17.5 Å². The van der Waals surface area contributed by atoms with Crippen LogP contribution >= 0.6 is 0 Å². The average Bonchev–Trinajstić information content (AvgIpc) is 3.64. The van der Waals surface area contributed by atoms with Gasteiger partial charge in [-0.3, -0.25) is 0 Å². The number of aromatic nitrogens is 6. The largest absolute Gasteiger partial charge is 0.489 e. The molecule has 0 saturated carbocycles. The first kappa shape index (κ1) is 28.1. The minimum Gasteiger partial charge on any atom is -0.489 e. The highest BCUT2D eigenvalue weighted by Gasteiger charge is 2.41. The zero-order valence-electron chi connectivity index (χ0n) is 23.4. The first-order valence-electron chi connectivity index (χ1n) is 13.3. The number of halogens is 2. The Bertz CT molecular complexity index is 1600. The molecule has 2 aromatic heterocycles. The average molecular weight is 559 g/mol. The van der Waals surface area contributed by atoms with E-state index in [1.54, 1.807) is 17.8 Å². The lowest BCUT2D eigenvalue weighted by molar-refractivity contribution is -0.0123. The monoisotopic (exact) mass is 558 g/mol. The molecule has 0 aliphatic heterocycles. The van der Waals surface area contributed by atoms with Gasteiger partial charge in [-0.2, -0.15) is 5.10 Å². The van der Waals surface area contributed by atoms with Crippen molar-refractivity contribution in [1.82, 2.24) is 29.8 Å². The summed E-state index contributed by atoms with van der Waals surface area (Å²) in [6, 6.07) is 18.9. The zero-order chi connectivity index (χ0) is 29.2. The molecule has 0 aliphatic carbocycles. The van der Waals surface area contributed by atoms with Gasteiger partial charge in [-0.1, -0.05) is 63.2 Å². The zero-order valence-corrected chi connectivity index (χ0v) is 23.4. The van der Waals surface area contributed by atoms with Crippen molar-refractivity contribution in [3.8, 4) is 11.4 Å². The van der Waals surface area contributed by atoms with Crippen LogP contribution in [-0.4, -0.2) is 34.9 Å². The molecular weight excluding hydrogens is 526 g/mol. The Balaban J connectivity index is 1.32. The Kier molecular flexibility index (Phi) is 7.68. The molecule has 0 aliphatic rings. The molecule has 0 fully saturated rings. The molecular formula is C31H32F2N6O2. The van der Waals surface area contributed by atoms with Gasteiger partial charge in [0.25, 0.3) is 0 Å². The van der Waals surface area contributed by atoms with E-state index in [1.807, 2.05) is 24.3 Å². The van der Waals surface area contributed by atoms with Crippen LogP contribution < -0.4 is 4.74 Å². The molecule has 10 heteroatoms. The summed E-state index contributed by atoms with van der Waals surface area (Å²) in [7, 11) is 0. The van der Waals surface area contributed by atoms with Crippen LogP contribution in [0.1, 0.15) is 56.0 Å². The standard InChI is InChI=1S/C31H32F2N6O2/c1-21(31(40,18-38-20-34-19-35-38)27-14-9-24(32)15-28(27)33)29-16-39(37-36-29)25-10-12-26(13-11-25)41-17-22-5-7-23(8-6-22)30(2,3)4/h5-16,19-21,40H,17-18H2,1-4H3/t21-,31+/m0/s1. The van der Waals surface area contributed by atoms with Crippen molar-refractivity contribution >= 4 is 0 Å². The fourth-order valence-electron chi connectivity index (χ4n) is 4.67. The van der Waals surface area contributed by atoms with Gasteiger partial charge in [-0.25, -0.2) is 23.1 Å². The molecule has 1 N–H and O–H groups in total. The smallest absolute Gasteiger partial charge is 0.137 e. The number of aliphatic hydroxyl groups is 1. The van der Waals surface area contributed by atoms with E-state index in [0.717, 1.165) is 23.4 Å². The Morgan fingerprint density at radius 3 is 2.34 bits per heavy atom. The predicted molar refractivity (Wildman–Crippen MR) is 150 cm³/mol. The van der Waals surface area contributed by atoms with Crippen LogP contribution in [-0.2, 0) is 24.2 Å². The molecule has 3 aromatic carbocycles. The Morgan fingerprint density at radius 2 is 1.71 bits per heavy atom. The highest BCUT2D eigenvalue weighted by Crippen LogP contribution is 2.39. The van der Waals surface area contributed by atoms with Crippen molar-refractivity contribution in [2.24, 2.45) is 0 Å². The highest BCUT2D eigenvalue weighted by molar-refractivity contribution is 5.38. The van der Waals surface area contributed by atoms with Crippen molar-refractivity contribution in [2.45, 2.75) is 57.8 Å². The minimum atomic E-state index is -1.82. The third-order valence-electron chi connectivity index (χ3n) is 7.26. The number of rotatable bonds is 9. The van der Waals surface area contributed by atoms with E-state index in [2.05, 4.69) is 65.4 Å². The molecule has 212 valence electrons. The summed E-state index contributed by atoms with van der Waals surface area (Å²) in [4.78, 5) is 3.91. The molecule has 0 amide bonds. The van der Waals surface area contributed by atoms with Crippen LogP contribution in [0, 0.1) is 11.6 Å². The normalized spacial score (nSPS) is 14.0. The molecule has 8 nitrogen and oxygen atoms in total. The van der Waals surface area contributed by atoms with Crippen molar-refractivity contribution in [1.29, 1.82) is 0 Å². The lowest BCUT2D eigenvalue weighted by Crippen LogP contribution is -2.38. The van der Waals surface area contributed by atoms with Gasteiger partial charge in [0.2, 0.25) is 0 Å². The molecule has 5 rings (SSSR count). The fourth-order valence-corrected chi connectivity index (χ4v) is 4.67. The van der Waals surface area contributed by atoms with Crippen LogP contribution in [0.15, 0.2) is 85.6 Å². The second kappa shape index (κ2) is 11.2. The van der Waals surface area contributed by atoms with E-state index < -0.39 is 23.2 Å². The summed E-state index contributed by atoms with van der Waals surface area (Å²) < 4.78 is 37.5. The molecule has 0 spiro atoms. The maximum atomic E-state index is 14.9. The van der Waals surface area contributed by atoms with Crippen LogP contribution in [0.4, 0.5) is 8.78 Å². The van der Waals surface area contributed by atoms with Crippen LogP contribution in [0.3, 0.4) is 0 Å². The molecule has 5 aromatic rings. The number of hydrogen-bond acceptors (Lipinski definition) is 6. The highest BCUT2D eigenvalue weighted by atomic mass is 19.1. The Morgan fingerprint density at radius 1 is 0.976 bits per heavy atom. The van der Waals surface area contributed by atoms with Gasteiger partial charge in [-0.15, -0.1) is 5.10 Å². The predicted octanol–water partition coefficient (Wildman–Crippen LogP) is 5.71. The van der Waals surface area contributed by atoms with Crippen molar-refractivity contribution < 1.29 is 18.6 Å². The van der Waals surface area contributed by atoms with Crippen molar-refractivity contribution in [3.05, 3.63) is 120 Å². The van der Waals surface area contributed by atoms with Gasteiger partial charge in [0.1, 0.15) is 42.2 Å². The van der Waals surface area contributed by atoms with E-state index in [0.29, 0.717) is 18.1 Å². The van der Waals surface area contributed by atoms with Crippen LogP contribution in [0.25, 0.3) is 5.69 Å². The van der Waals surface area contributed by atoms with E-state index in [4.69, 9.17) is 4.74 Å². The SMILES string of the molecule is C[C@@H](c1cn(-c2ccc(OCc3ccc(C(C)(C)C)cc3)cc2)nn1)[C@](O)(Cn1cncn1)c1ccc(F)cc1F. The number of nitrogens with zero attached hydrogens (tertiary/aromatic N) is 6. The quantitative estimate of drug-likeness (QED) is 0.249. The minimum absolute atomic E-state index is 0.0778. The molecule has 2 atom stereocenters. The number of ether oxygens (including phenoxy) is 1. The maximum absolute atomic E-state index is 14.9. The van der Waals surface area contributed by atoms with Crippen molar-refractivity contribution in [3.63, 3.8) is 0 Å². The summed E-state index contributed by atoms with van der Waals surface area (Å²) >= 11 is 0. The second-order valence-corrected chi connectivity index (χ2v) is 11.2. The first-order chi connectivity index (χ1) is 19.5. The Labute approximate surface area is 237 Å². The lowest BCUT2D eigenvalue weighted by Gasteiger charge is -2.33. The number of hydrogen-bond donors (Lipinski definition) is 1.